The van der Waals surface area contributed by atoms with Crippen molar-refractivity contribution in [3.63, 3.8) is 0 Å². The second kappa shape index (κ2) is 40.1. The van der Waals surface area contributed by atoms with Crippen molar-refractivity contribution in [2.75, 3.05) is 141 Å². The van der Waals surface area contributed by atoms with E-state index in [4.69, 9.17) is 37.9 Å². The van der Waals surface area contributed by atoms with Crippen molar-refractivity contribution in [1.82, 2.24) is 55.2 Å². The Hall–Kier alpha value is -13.0. The number of amides is 3. The highest BCUT2D eigenvalue weighted by molar-refractivity contribution is 9.11. The molecule has 9 heterocycles. The minimum atomic E-state index is -4.49. The second-order valence-corrected chi connectivity index (χ2v) is 29.3. The van der Waals surface area contributed by atoms with Crippen LogP contribution in [-0.2, 0) is 23.8 Å². The van der Waals surface area contributed by atoms with Gasteiger partial charge in [0.1, 0.15) is 41.1 Å². The van der Waals surface area contributed by atoms with E-state index in [2.05, 4.69) is 164 Å². The number of phenolic OH excluding ortho intramolecular Hbond substituents is 1. The van der Waals surface area contributed by atoms with Crippen molar-refractivity contribution in [1.29, 1.82) is 0 Å². The number of likely N-dealkylation sites (N-methyl/N-ethyl adjacent to an activating group) is 1. The molecule has 1 aliphatic carbocycles. The summed E-state index contributed by atoms with van der Waals surface area (Å²) in [6.07, 6.45) is 9.44. The third kappa shape index (κ3) is 21.9. The van der Waals surface area contributed by atoms with Crippen LogP contribution < -0.4 is 95.1 Å². The van der Waals surface area contributed by atoms with Gasteiger partial charge in [0.15, 0.2) is 40.4 Å². The van der Waals surface area contributed by atoms with E-state index in [0.717, 1.165) is 108 Å². The van der Waals surface area contributed by atoms with Crippen LogP contribution in [-0.4, -0.2) is 168 Å². The third-order valence-corrected chi connectivity index (χ3v) is 20.4. The first-order chi connectivity index (χ1) is 58.4. The second-order valence-electron chi connectivity index (χ2n) is 26.8. The largest absolute Gasteiger partial charge is 0.507 e. The highest BCUT2D eigenvalue weighted by atomic mass is 79.9. The number of pyridine rings is 2. The van der Waals surface area contributed by atoms with Gasteiger partial charge in [0, 0.05) is 118 Å². The van der Waals surface area contributed by atoms with Gasteiger partial charge in [0.05, 0.1) is 104 Å². The minimum absolute atomic E-state index is 0.0506. The number of alkyl halides is 3. The Morgan fingerprint density at radius 2 is 1.12 bits per heavy atom. The number of benzene rings is 5. The molecule has 0 spiro atoms. The topological polar surface area (TPSA) is 380 Å². The molecular weight excluding hydrogens is 1770 g/mol. The summed E-state index contributed by atoms with van der Waals surface area (Å²) in [6, 6.07) is 29.8. The fourth-order valence-corrected chi connectivity index (χ4v) is 13.6. The number of phenols is 1. The molecule has 4 aliphatic rings. The van der Waals surface area contributed by atoms with Gasteiger partial charge in [-0.15, -0.1) is 0 Å². The van der Waals surface area contributed by atoms with E-state index in [1.165, 1.54) is 59.8 Å². The lowest BCUT2D eigenvalue weighted by molar-refractivity contribution is -0.137. The molecule has 0 radical (unpaired) electrons. The first kappa shape index (κ1) is 87.3. The molecule has 3 amide bonds. The normalized spacial score (nSPS) is 12.9. The number of anilines is 15. The zero-order valence-electron chi connectivity index (χ0n) is 67.2. The van der Waals surface area contributed by atoms with Crippen LogP contribution in [0, 0.1) is 0 Å². The average molecular weight is 1850 g/mol. The van der Waals surface area contributed by atoms with E-state index in [0.29, 0.717) is 109 Å². The fraction of sp³-hybridized carbons (Fsp3) is 0.280. The number of aryl methyl sites for hydroxylation is 2. The van der Waals surface area contributed by atoms with Gasteiger partial charge in [-0.1, -0.05) is 24.3 Å². The first-order valence-electron chi connectivity index (χ1n) is 37.8. The molecule has 1 saturated carbocycles. The summed E-state index contributed by atoms with van der Waals surface area (Å²) in [5.41, 5.74) is 6.28. The van der Waals surface area contributed by atoms with Crippen molar-refractivity contribution in [3.8, 4) is 57.6 Å². The Balaban J connectivity index is 0.000000148. The molecule has 1 fully saturated rings. The van der Waals surface area contributed by atoms with E-state index in [9.17, 15) is 32.7 Å². The van der Waals surface area contributed by atoms with Crippen molar-refractivity contribution >= 4 is 153 Å². The number of hydrogen-bond acceptors (Lipinski definition) is 30. The van der Waals surface area contributed by atoms with Crippen LogP contribution in [0.25, 0.3) is 0 Å². The quantitative estimate of drug-likeness (QED) is 0.0257. The number of aromatic nitrogens is 10. The van der Waals surface area contributed by atoms with Crippen LogP contribution in [0.15, 0.2) is 154 Å². The molecule has 5 aromatic carbocycles. The van der Waals surface area contributed by atoms with Gasteiger partial charge in [0.25, 0.3) is 11.8 Å². The Morgan fingerprint density at radius 3 is 1.73 bits per heavy atom. The number of carbonyl (C=O) groups excluding carboxylic acids is 3. The zero-order chi connectivity index (χ0) is 86.0. The van der Waals surface area contributed by atoms with E-state index in [1.54, 1.807) is 106 Å². The molecule has 121 heavy (non-hydrogen) atoms. The number of nitrogens with zero attached hydrogens (tertiary/aromatic N) is 13. The Kier molecular flexibility index (Phi) is 29.0. The average Bonchev–Trinajstić information content (AvgIpc) is 1.46. The van der Waals surface area contributed by atoms with Crippen LogP contribution in [0.2, 0.25) is 0 Å². The first-order valence-corrected chi connectivity index (χ1v) is 40.1. The Labute approximate surface area is 719 Å². The number of nitrogens with one attached hydrogen (secondary N) is 8. The zero-order valence-corrected chi connectivity index (χ0v) is 71.9. The van der Waals surface area contributed by atoms with Gasteiger partial charge >= 0.3 is 6.18 Å². The summed E-state index contributed by atoms with van der Waals surface area (Å²) >= 11 is 10.3. The number of rotatable bonds is 25. The lowest BCUT2D eigenvalue weighted by Crippen LogP contribution is -2.33. The van der Waals surface area contributed by atoms with Gasteiger partial charge in [-0.05, 0) is 153 Å². The monoisotopic (exact) mass is 1850 g/mol. The Bertz CT molecular complexity index is 5520. The van der Waals surface area contributed by atoms with Crippen molar-refractivity contribution in [3.05, 3.63) is 182 Å². The molecule has 9 N–H and O–H groups in total. The predicted molar refractivity (Wildman–Crippen MR) is 464 cm³/mol. The van der Waals surface area contributed by atoms with E-state index >= 15 is 0 Å². The molecule has 15 rings (SSSR count). The SMILES string of the molecule is CCN1CCCc2cc(Nc3ncc(C(F)(F)F)c(NC4CC4)n3)cnc21.CCN1CCOc2cc(Nc3nc(Nc4ccc5c(c4)CCC(=O)N5)ncc3Br)cnc21.CNC(=O)c1ccccc1Oc1nc(Nc2cc(OC)c(OC)c(OC)c2)ncc1Br.COc1cc(Nc2ncc(Br)c(N(C)C(=O)c3ccccc3O)n2)cc(OC)c1OC. The summed E-state index contributed by atoms with van der Waals surface area (Å²) < 4.78 is 85.1. The van der Waals surface area contributed by atoms with Crippen LogP contribution >= 0.6 is 47.8 Å². The highest BCUT2D eigenvalue weighted by Crippen LogP contribution is 2.44. The van der Waals surface area contributed by atoms with Crippen LogP contribution in [0.4, 0.5) is 100 Å². The molecule has 3 aliphatic heterocycles. The van der Waals surface area contributed by atoms with Crippen molar-refractivity contribution in [2.24, 2.45) is 0 Å². The number of carbonyl (C=O) groups is 3. The predicted octanol–water partition coefficient (Wildman–Crippen LogP) is 16.4. The summed E-state index contributed by atoms with van der Waals surface area (Å²) in [5.74, 6) is 7.11. The molecule has 0 unspecified atom stereocenters. The molecule has 33 nitrogen and oxygen atoms in total. The summed E-state index contributed by atoms with van der Waals surface area (Å²) in [6.45, 7) is 8.44. The van der Waals surface area contributed by atoms with Crippen LogP contribution in [0.1, 0.15) is 76.9 Å². The van der Waals surface area contributed by atoms with E-state index in [-0.39, 0.29) is 58.7 Å². The minimum Gasteiger partial charge on any atom is -0.507 e. The standard InChI is InChI=1S/C22H22BrN7O2.2C21H21BrN4O5.C18H21F3N6/c1-2-30-7-8-32-18-10-15(11-24-21(18)30)26-20-16(23)12-25-22(29-20)27-14-4-5-17-13(9-14)3-6-19(31)28-17;1-26(20(28)13-7-5-6-8-15(13)27)19-14(22)11-23-21(25-19)24-12-9-16(29-2)18(31-4)17(10-12)30-3;1-23-19(27)13-7-5-6-8-15(13)31-20-14(22)11-24-21(26-20)25-12-9-16(28-2)18(30-4)17(10-12)29-3;1-2-27-7-3-4-11-8-13(9-22-16(11)27)25-17-23-10-14(18(19,20)21)15(26-17)24-12-5-6-12/h4-5,9-12H,2-3,6-8H2,1H3,(H,28,31)(H2,25,26,27,29);5-11,27H,1-4H3,(H,23,24,25);5-11H,1-4H3,(H,23,27)(H,24,25,26);8-10,12H,2-7H2,1H3,(H2,23,24,25,26). The third-order valence-electron chi connectivity index (χ3n) is 18.8. The molecule has 11 aromatic rings. The molecule has 6 aromatic heterocycles. The number of para-hydroxylation sites is 2. The fourth-order valence-electron chi connectivity index (χ4n) is 12.6. The maximum absolute atomic E-state index is 13.2. The van der Waals surface area contributed by atoms with Crippen molar-refractivity contribution in [2.45, 2.75) is 64.6 Å². The number of ether oxygens (including phenoxy) is 8. The van der Waals surface area contributed by atoms with Gasteiger partial charge in [0.2, 0.25) is 47.1 Å². The summed E-state index contributed by atoms with van der Waals surface area (Å²) in [4.78, 5) is 85.6. The number of hydrogen-bond donors (Lipinski definition) is 9. The summed E-state index contributed by atoms with van der Waals surface area (Å²) in [5, 5.41) is 34.0. The number of aromatic hydroxyl groups is 1. The Morgan fingerprint density at radius 1 is 0.570 bits per heavy atom. The maximum atomic E-state index is 13.2. The van der Waals surface area contributed by atoms with E-state index in [1.807, 2.05) is 30.3 Å². The van der Waals surface area contributed by atoms with Crippen LogP contribution in [0.5, 0.6) is 57.6 Å². The lowest BCUT2D eigenvalue weighted by atomic mass is 10.0. The van der Waals surface area contributed by atoms with Gasteiger partial charge < -0.3 is 95.3 Å². The summed E-state index contributed by atoms with van der Waals surface area (Å²) in [7, 11) is 12.3. The lowest BCUT2D eigenvalue weighted by Gasteiger charge is -2.29. The molecule has 0 bridgehead atoms. The smallest absolute Gasteiger partial charge is 0.421 e. The van der Waals surface area contributed by atoms with Crippen molar-refractivity contribution < 1.29 is 70.6 Å². The molecule has 632 valence electrons. The number of halogens is 6. The molecule has 39 heteroatoms. The van der Waals surface area contributed by atoms with E-state index < -0.39 is 17.6 Å². The number of methoxy groups -OCH3 is 6. The van der Waals surface area contributed by atoms with Crippen LogP contribution in [0.3, 0.4) is 0 Å². The number of fused-ring (bicyclic) bond motifs is 3. The molecule has 0 saturated heterocycles. The molecule has 0 atom stereocenters. The van der Waals surface area contributed by atoms with Gasteiger partial charge in [-0.3, -0.25) is 19.3 Å². The van der Waals surface area contributed by atoms with Gasteiger partial charge in [-0.2, -0.15) is 33.1 Å². The highest BCUT2D eigenvalue weighted by Gasteiger charge is 2.37. The maximum Gasteiger partial charge on any atom is 0.421 e. The van der Waals surface area contributed by atoms with Gasteiger partial charge in [-0.25, -0.2) is 29.9 Å². The molecular formula is C82H85Br3F3N21O12.